The normalized spacial score (nSPS) is 17.0. The molecule has 3 N–H and O–H groups in total. The van der Waals surface area contributed by atoms with Crippen molar-refractivity contribution in [2.45, 2.75) is 46.5 Å². The summed E-state index contributed by atoms with van der Waals surface area (Å²) in [5, 5.41) is 11.4. The highest BCUT2D eigenvalue weighted by molar-refractivity contribution is 5.94. The van der Waals surface area contributed by atoms with Gasteiger partial charge in [-0.25, -0.2) is 14.3 Å². The smallest absolute Gasteiger partial charge is 0.251 e. The van der Waals surface area contributed by atoms with Crippen LogP contribution in [0.5, 0.6) is 0 Å². The summed E-state index contributed by atoms with van der Waals surface area (Å²) in [6, 6.07) is 11.9. The molecule has 196 valence electrons. The Morgan fingerprint density at radius 2 is 1.81 bits per heavy atom. The van der Waals surface area contributed by atoms with Gasteiger partial charge in [-0.1, -0.05) is 32.0 Å². The third-order valence-corrected chi connectivity index (χ3v) is 6.03. The molecule has 7 nitrogen and oxygen atoms in total. The lowest BCUT2D eigenvalue weighted by Crippen LogP contribution is -2.40. The fourth-order valence-corrected chi connectivity index (χ4v) is 4.47. The molecule has 0 aromatic heterocycles. The van der Waals surface area contributed by atoms with Crippen molar-refractivity contribution in [2.75, 3.05) is 19.6 Å². The topological polar surface area (TPSA) is 98.7 Å². The first-order valence-electron chi connectivity index (χ1n) is 12.1. The van der Waals surface area contributed by atoms with Crippen molar-refractivity contribution < 1.29 is 28.4 Å². The minimum absolute atomic E-state index is 0.00750. The fourth-order valence-electron chi connectivity index (χ4n) is 4.47. The number of hydroxylamine groups is 1. The van der Waals surface area contributed by atoms with Crippen molar-refractivity contribution in [3.05, 3.63) is 71.3 Å². The first kappa shape index (κ1) is 28.9. The quantitative estimate of drug-likeness (QED) is 0.354. The number of carbonyl (C=O) groups excluding carboxylic acids is 3. The highest BCUT2D eigenvalue weighted by Crippen LogP contribution is 2.41. The monoisotopic (exact) mass is 503 g/mol. The molecule has 0 bridgehead atoms. The molecule has 1 heterocycles. The molecule has 1 unspecified atom stereocenters. The van der Waals surface area contributed by atoms with Crippen LogP contribution in [0.25, 0.3) is 0 Å². The van der Waals surface area contributed by atoms with E-state index in [9.17, 15) is 23.2 Å². The van der Waals surface area contributed by atoms with Crippen molar-refractivity contribution in [1.82, 2.24) is 15.7 Å². The molecule has 1 aliphatic rings. The van der Waals surface area contributed by atoms with Gasteiger partial charge in [0.05, 0.1) is 5.41 Å². The number of hydrogen-bond donors (Lipinski definition) is 3. The summed E-state index contributed by atoms with van der Waals surface area (Å²) in [5.74, 6) is -1.18. The molecule has 2 aromatic rings. The summed E-state index contributed by atoms with van der Waals surface area (Å²) >= 11 is 0. The minimum atomic E-state index is -0.732. The Morgan fingerprint density at radius 3 is 2.39 bits per heavy atom. The molecule has 0 aliphatic carbocycles. The summed E-state index contributed by atoms with van der Waals surface area (Å²) < 4.78 is 25.5. The maximum absolute atomic E-state index is 12.9. The van der Waals surface area contributed by atoms with Crippen LogP contribution in [0.3, 0.4) is 0 Å². The Bertz CT molecular complexity index is 1030. The number of likely N-dealkylation sites (tertiary alicyclic amines) is 1. The van der Waals surface area contributed by atoms with Crippen molar-refractivity contribution in [3.8, 4) is 0 Å². The van der Waals surface area contributed by atoms with Gasteiger partial charge in [0.2, 0.25) is 11.8 Å². The highest BCUT2D eigenvalue weighted by atomic mass is 19.1. The van der Waals surface area contributed by atoms with Crippen LogP contribution in [0.1, 0.15) is 56.0 Å². The summed E-state index contributed by atoms with van der Waals surface area (Å²) in [7, 11) is 0. The molecule has 3 amide bonds. The van der Waals surface area contributed by atoms with Crippen LogP contribution in [-0.4, -0.2) is 47.5 Å². The number of amides is 3. The molecular formula is C27H35F2N3O4. The molecule has 1 atom stereocenters. The van der Waals surface area contributed by atoms with Gasteiger partial charge in [-0.2, -0.15) is 0 Å². The second-order valence-corrected chi connectivity index (χ2v) is 9.38. The first-order chi connectivity index (χ1) is 17.1. The molecule has 2 aromatic carbocycles. The van der Waals surface area contributed by atoms with E-state index < -0.39 is 17.1 Å². The van der Waals surface area contributed by atoms with E-state index in [0.29, 0.717) is 44.5 Å². The molecule has 36 heavy (non-hydrogen) atoms. The third kappa shape index (κ3) is 8.41. The zero-order valence-electron chi connectivity index (χ0n) is 21.0. The van der Waals surface area contributed by atoms with E-state index >= 15 is 0 Å². The first-order valence-corrected chi connectivity index (χ1v) is 12.1. The lowest BCUT2D eigenvalue weighted by Gasteiger charge is -2.28. The van der Waals surface area contributed by atoms with Crippen molar-refractivity contribution in [2.24, 2.45) is 11.3 Å². The molecule has 0 saturated carbocycles. The van der Waals surface area contributed by atoms with E-state index in [2.05, 4.69) is 5.32 Å². The van der Waals surface area contributed by atoms with Gasteiger partial charge in [-0.3, -0.25) is 19.6 Å². The summed E-state index contributed by atoms with van der Waals surface area (Å²) in [6.45, 7) is 7.56. The van der Waals surface area contributed by atoms with E-state index in [-0.39, 0.29) is 30.0 Å². The number of hydrogen-bond acceptors (Lipinski definition) is 4. The van der Waals surface area contributed by atoms with Crippen molar-refractivity contribution in [3.63, 3.8) is 0 Å². The molecule has 1 aliphatic heterocycles. The molecule has 3 rings (SSSR count). The van der Waals surface area contributed by atoms with E-state index in [1.54, 1.807) is 28.6 Å². The Hall–Kier alpha value is -3.33. The van der Waals surface area contributed by atoms with Gasteiger partial charge in [0.15, 0.2) is 0 Å². The van der Waals surface area contributed by atoms with Crippen LogP contribution >= 0.6 is 0 Å². The number of nitrogens with one attached hydrogen (secondary N) is 2. The predicted octanol–water partition coefficient (Wildman–Crippen LogP) is 4.10. The van der Waals surface area contributed by atoms with Gasteiger partial charge in [-0.15, -0.1) is 0 Å². The summed E-state index contributed by atoms with van der Waals surface area (Å²) in [4.78, 5) is 37.4. The highest BCUT2D eigenvalue weighted by Gasteiger charge is 2.47. The lowest BCUT2D eigenvalue weighted by molar-refractivity contribution is -0.143. The fraction of sp³-hybridized carbons (Fsp3) is 0.444. The maximum Gasteiger partial charge on any atom is 0.251 e. The predicted molar refractivity (Wildman–Crippen MR) is 132 cm³/mol. The lowest BCUT2D eigenvalue weighted by atomic mass is 9.76. The zero-order chi connectivity index (χ0) is 26.7. The molecule has 1 saturated heterocycles. The summed E-state index contributed by atoms with van der Waals surface area (Å²) in [5.41, 5.74) is 2.24. The minimum Gasteiger partial charge on any atom is -0.352 e. The zero-order valence-corrected chi connectivity index (χ0v) is 21.0. The van der Waals surface area contributed by atoms with E-state index in [0.717, 1.165) is 5.56 Å². The van der Waals surface area contributed by atoms with Crippen LogP contribution in [-0.2, 0) is 16.0 Å². The molecular weight excluding hydrogens is 468 g/mol. The number of carbonyl (C=O) groups is 3. The average molecular weight is 504 g/mol. The second-order valence-electron chi connectivity index (χ2n) is 9.38. The standard InChI is InChI=1S/C18H25FN2O3.C9H10FNO/c1-13(2)11-18(12-16(22)20-24)8-10-21(17(18)23)9-7-14-3-5-15(19)6-4-14;1-2-11-9(12)7-4-3-5-8(10)6-7/h3-6,13,24H,7-12H2,1-2H3,(H,20,22);3-6H,2H2,1H3,(H,11,12). The van der Waals surface area contributed by atoms with Crippen LogP contribution < -0.4 is 10.8 Å². The van der Waals surface area contributed by atoms with Gasteiger partial charge >= 0.3 is 0 Å². The Morgan fingerprint density at radius 1 is 1.11 bits per heavy atom. The van der Waals surface area contributed by atoms with Crippen LogP contribution in [0.15, 0.2) is 48.5 Å². The van der Waals surface area contributed by atoms with Gasteiger partial charge in [0, 0.05) is 31.6 Å². The number of halogens is 2. The van der Waals surface area contributed by atoms with Crippen molar-refractivity contribution in [1.29, 1.82) is 0 Å². The SMILES string of the molecule is CC(C)CC1(CC(=O)NO)CCN(CCc2ccc(F)cc2)C1=O.CCNC(=O)c1cccc(F)c1. The van der Waals surface area contributed by atoms with Crippen LogP contribution in [0, 0.1) is 23.0 Å². The molecule has 0 radical (unpaired) electrons. The average Bonchev–Trinajstić information content (AvgIpc) is 3.13. The van der Waals surface area contributed by atoms with Gasteiger partial charge in [0.1, 0.15) is 11.6 Å². The number of rotatable bonds is 9. The van der Waals surface area contributed by atoms with E-state index in [1.807, 2.05) is 20.8 Å². The Labute approximate surface area is 210 Å². The van der Waals surface area contributed by atoms with Crippen molar-refractivity contribution >= 4 is 17.7 Å². The second kappa shape index (κ2) is 13.7. The molecule has 0 spiro atoms. The third-order valence-electron chi connectivity index (χ3n) is 6.03. The maximum atomic E-state index is 12.9. The van der Waals surface area contributed by atoms with Gasteiger partial charge < -0.3 is 10.2 Å². The largest absolute Gasteiger partial charge is 0.352 e. The van der Waals surface area contributed by atoms with E-state index in [4.69, 9.17) is 5.21 Å². The van der Waals surface area contributed by atoms with Crippen LogP contribution in [0.2, 0.25) is 0 Å². The number of benzene rings is 2. The Balaban J connectivity index is 0.000000319. The van der Waals surface area contributed by atoms with E-state index in [1.165, 1.54) is 30.3 Å². The van der Waals surface area contributed by atoms with Gasteiger partial charge in [0.25, 0.3) is 5.91 Å². The Kier molecular flexibility index (Phi) is 11.0. The van der Waals surface area contributed by atoms with Crippen LogP contribution in [0.4, 0.5) is 8.78 Å². The molecule has 9 heteroatoms. The van der Waals surface area contributed by atoms with Gasteiger partial charge in [-0.05, 0) is 68.0 Å². The summed E-state index contributed by atoms with van der Waals surface area (Å²) in [6.07, 6.45) is 1.89. The molecule has 1 fully saturated rings. The number of nitrogens with zero attached hydrogens (tertiary/aromatic N) is 1.